The van der Waals surface area contributed by atoms with E-state index in [1.807, 2.05) is 12.1 Å². The van der Waals surface area contributed by atoms with Gasteiger partial charge < -0.3 is 5.32 Å². The fourth-order valence-corrected chi connectivity index (χ4v) is 4.71. The molecule has 1 aromatic heterocycles. The third-order valence-electron chi connectivity index (χ3n) is 5.85. The van der Waals surface area contributed by atoms with Gasteiger partial charge in [0.1, 0.15) is 0 Å². The van der Waals surface area contributed by atoms with E-state index in [1.54, 1.807) is 11.3 Å². The summed E-state index contributed by atoms with van der Waals surface area (Å²) in [7, 11) is 0. The molecule has 2 fully saturated rings. The molecule has 1 atom stereocenters. The number of likely N-dealkylation sites (tertiary alicyclic amines) is 1. The molecule has 0 radical (unpaired) electrons. The Kier molecular flexibility index (Phi) is 5.23. The standard InChI is InChI=1S/C22H26N2OS/c25-21(23-17-19-9-5-15-26-19)20-16-22(20)10-13-24(14-11-22)12-4-8-18-6-2-1-3-7-18/h1-9,15,20H,10-14,16-17H2,(H,23,25). The molecule has 1 amide bonds. The summed E-state index contributed by atoms with van der Waals surface area (Å²) in [6.45, 7) is 3.89. The van der Waals surface area contributed by atoms with E-state index in [9.17, 15) is 4.79 Å². The number of hydrogen-bond donors (Lipinski definition) is 1. The number of hydrogen-bond acceptors (Lipinski definition) is 3. The highest BCUT2D eigenvalue weighted by Crippen LogP contribution is 2.59. The van der Waals surface area contributed by atoms with Gasteiger partial charge in [-0.05, 0) is 54.8 Å². The van der Waals surface area contributed by atoms with Crippen LogP contribution in [0.2, 0.25) is 0 Å². The maximum absolute atomic E-state index is 12.5. The van der Waals surface area contributed by atoms with Gasteiger partial charge in [0, 0.05) is 17.3 Å². The maximum Gasteiger partial charge on any atom is 0.223 e. The SMILES string of the molecule is O=C(NCc1cccs1)C1CC12CCN(CC=Cc1ccccc1)CC2. The molecule has 1 saturated heterocycles. The summed E-state index contributed by atoms with van der Waals surface area (Å²) in [4.78, 5) is 16.2. The van der Waals surface area contributed by atoms with Gasteiger partial charge in [-0.2, -0.15) is 0 Å². The first-order chi connectivity index (χ1) is 12.8. The van der Waals surface area contributed by atoms with Gasteiger partial charge in [0.25, 0.3) is 0 Å². The second-order valence-corrected chi connectivity index (χ2v) is 8.56. The summed E-state index contributed by atoms with van der Waals surface area (Å²) in [5.41, 5.74) is 1.55. The van der Waals surface area contributed by atoms with Gasteiger partial charge in [-0.3, -0.25) is 9.69 Å². The van der Waals surface area contributed by atoms with Gasteiger partial charge >= 0.3 is 0 Å². The van der Waals surface area contributed by atoms with Crippen LogP contribution in [-0.4, -0.2) is 30.4 Å². The van der Waals surface area contributed by atoms with E-state index < -0.39 is 0 Å². The van der Waals surface area contributed by atoms with Crippen molar-refractivity contribution in [2.75, 3.05) is 19.6 Å². The van der Waals surface area contributed by atoms with Crippen LogP contribution in [-0.2, 0) is 11.3 Å². The Morgan fingerprint density at radius 1 is 1.19 bits per heavy atom. The van der Waals surface area contributed by atoms with Crippen LogP contribution < -0.4 is 5.32 Å². The zero-order chi connectivity index (χ0) is 17.8. The summed E-state index contributed by atoms with van der Waals surface area (Å²) >= 11 is 1.70. The van der Waals surface area contributed by atoms with E-state index in [1.165, 1.54) is 10.4 Å². The second-order valence-electron chi connectivity index (χ2n) is 7.53. The molecule has 2 aromatic rings. The predicted molar refractivity (Wildman–Crippen MR) is 108 cm³/mol. The van der Waals surface area contributed by atoms with Crippen LogP contribution in [0.3, 0.4) is 0 Å². The van der Waals surface area contributed by atoms with Crippen molar-refractivity contribution in [2.45, 2.75) is 25.8 Å². The van der Waals surface area contributed by atoms with Gasteiger partial charge in [0.2, 0.25) is 5.91 Å². The summed E-state index contributed by atoms with van der Waals surface area (Å²) in [5.74, 6) is 0.500. The molecule has 0 bridgehead atoms. The molecule has 1 aromatic carbocycles. The number of thiophene rings is 1. The van der Waals surface area contributed by atoms with Gasteiger partial charge in [-0.25, -0.2) is 0 Å². The Morgan fingerprint density at radius 3 is 2.73 bits per heavy atom. The van der Waals surface area contributed by atoms with E-state index in [-0.39, 0.29) is 11.8 Å². The fourth-order valence-electron chi connectivity index (χ4n) is 4.06. The van der Waals surface area contributed by atoms with Crippen LogP contribution in [0.4, 0.5) is 0 Å². The molecular formula is C22H26N2OS. The molecule has 1 N–H and O–H groups in total. The molecule has 2 aliphatic rings. The first-order valence-electron chi connectivity index (χ1n) is 9.49. The number of benzene rings is 1. The molecule has 26 heavy (non-hydrogen) atoms. The van der Waals surface area contributed by atoms with E-state index in [0.29, 0.717) is 12.0 Å². The zero-order valence-electron chi connectivity index (χ0n) is 15.1. The minimum atomic E-state index is 0.240. The lowest BCUT2D eigenvalue weighted by molar-refractivity contribution is -0.123. The number of carbonyl (C=O) groups is 1. The normalized spacial score (nSPS) is 21.9. The summed E-state index contributed by atoms with van der Waals surface area (Å²) < 4.78 is 0. The van der Waals surface area contributed by atoms with Crippen molar-refractivity contribution < 1.29 is 4.79 Å². The monoisotopic (exact) mass is 366 g/mol. The van der Waals surface area contributed by atoms with Crippen LogP contribution in [0.1, 0.15) is 29.7 Å². The van der Waals surface area contributed by atoms with E-state index >= 15 is 0 Å². The number of nitrogens with one attached hydrogen (secondary N) is 1. The van der Waals surface area contributed by atoms with Crippen molar-refractivity contribution in [3.63, 3.8) is 0 Å². The molecule has 1 unspecified atom stereocenters. The highest BCUT2D eigenvalue weighted by molar-refractivity contribution is 7.09. The Morgan fingerprint density at radius 2 is 2.00 bits per heavy atom. The quantitative estimate of drug-likeness (QED) is 0.832. The second kappa shape index (κ2) is 7.77. The van der Waals surface area contributed by atoms with E-state index in [0.717, 1.165) is 38.9 Å². The maximum atomic E-state index is 12.5. The molecule has 1 saturated carbocycles. The predicted octanol–water partition coefficient (Wildman–Crippen LogP) is 4.18. The van der Waals surface area contributed by atoms with Crippen LogP contribution in [0.5, 0.6) is 0 Å². The molecule has 2 heterocycles. The molecule has 1 spiro atoms. The minimum absolute atomic E-state index is 0.240. The lowest BCUT2D eigenvalue weighted by Gasteiger charge is -2.32. The molecule has 1 aliphatic carbocycles. The molecule has 3 nitrogen and oxygen atoms in total. The summed E-state index contributed by atoms with van der Waals surface area (Å²) in [6, 6.07) is 14.6. The zero-order valence-corrected chi connectivity index (χ0v) is 15.9. The number of rotatable bonds is 6. The first-order valence-corrected chi connectivity index (χ1v) is 10.4. The number of carbonyl (C=O) groups excluding carboxylic acids is 1. The van der Waals surface area contributed by atoms with Crippen molar-refractivity contribution in [1.29, 1.82) is 0 Å². The Balaban J connectivity index is 1.20. The topological polar surface area (TPSA) is 32.3 Å². The molecule has 4 rings (SSSR count). The van der Waals surface area contributed by atoms with Crippen LogP contribution >= 0.6 is 11.3 Å². The van der Waals surface area contributed by atoms with Gasteiger partial charge in [0.15, 0.2) is 0 Å². The van der Waals surface area contributed by atoms with Crippen molar-refractivity contribution >= 4 is 23.3 Å². The Labute approximate surface area is 159 Å². The molecule has 4 heteroatoms. The lowest BCUT2D eigenvalue weighted by Crippen LogP contribution is -2.37. The van der Waals surface area contributed by atoms with Gasteiger partial charge in [0.05, 0.1) is 6.54 Å². The molecular weight excluding hydrogens is 340 g/mol. The highest BCUT2D eigenvalue weighted by Gasteiger charge is 2.58. The summed E-state index contributed by atoms with van der Waals surface area (Å²) in [5, 5.41) is 5.19. The fraction of sp³-hybridized carbons (Fsp3) is 0.409. The molecule has 136 valence electrons. The smallest absolute Gasteiger partial charge is 0.223 e. The Bertz CT molecular complexity index is 746. The lowest BCUT2D eigenvalue weighted by atomic mass is 9.90. The average Bonchev–Trinajstić information content (AvgIpc) is 3.12. The van der Waals surface area contributed by atoms with Crippen molar-refractivity contribution in [3.05, 3.63) is 64.4 Å². The van der Waals surface area contributed by atoms with Crippen molar-refractivity contribution in [2.24, 2.45) is 11.3 Å². The third kappa shape index (κ3) is 4.08. The number of piperidine rings is 1. The average molecular weight is 367 g/mol. The van der Waals surface area contributed by atoms with Gasteiger partial charge in [-0.15, -0.1) is 11.3 Å². The summed E-state index contributed by atoms with van der Waals surface area (Å²) in [6.07, 6.45) is 7.84. The van der Waals surface area contributed by atoms with Crippen molar-refractivity contribution in [1.82, 2.24) is 10.2 Å². The Hall–Kier alpha value is -1.91. The third-order valence-corrected chi connectivity index (χ3v) is 6.72. The molecule has 1 aliphatic heterocycles. The number of nitrogens with zero attached hydrogens (tertiary/aromatic N) is 1. The number of amides is 1. The van der Waals surface area contributed by atoms with Gasteiger partial charge in [-0.1, -0.05) is 48.6 Å². The van der Waals surface area contributed by atoms with Crippen molar-refractivity contribution in [3.8, 4) is 0 Å². The van der Waals surface area contributed by atoms with E-state index in [2.05, 4.69) is 58.1 Å². The van der Waals surface area contributed by atoms with Crippen LogP contribution in [0.25, 0.3) is 6.08 Å². The van der Waals surface area contributed by atoms with Crippen LogP contribution in [0.15, 0.2) is 53.9 Å². The first kappa shape index (κ1) is 17.5. The largest absolute Gasteiger partial charge is 0.351 e. The minimum Gasteiger partial charge on any atom is -0.351 e. The van der Waals surface area contributed by atoms with E-state index in [4.69, 9.17) is 0 Å². The highest BCUT2D eigenvalue weighted by atomic mass is 32.1. The van der Waals surface area contributed by atoms with Crippen LogP contribution in [0, 0.1) is 11.3 Å².